The Bertz CT molecular complexity index is 590. The molecule has 98 valence electrons. The Morgan fingerprint density at radius 2 is 2.00 bits per heavy atom. The summed E-state index contributed by atoms with van der Waals surface area (Å²) >= 11 is 0. The lowest BCUT2D eigenvalue weighted by molar-refractivity contribution is 0.174. The van der Waals surface area contributed by atoms with Crippen molar-refractivity contribution in [2.45, 2.75) is 6.54 Å². The number of aromatic nitrogens is 2. The fourth-order valence-electron chi connectivity index (χ4n) is 1.76. The maximum Gasteiger partial charge on any atom is 0.231 e. The number of anilines is 2. The van der Waals surface area contributed by atoms with Crippen molar-refractivity contribution in [2.75, 3.05) is 17.5 Å². The topological polar surface area (TPSA) is 94.3 Å². The summed E-state index contributed by atoms with van der Waals surface area (Å²) in [5.41, 5.74) is 3.52. The molecular formula is C12H13N5O2. The van der Waals surface area contributed by atoms with Gasteiger partial charge in [-0.05, 0) is 17.7 Å². The van der Waals surface area contributed by atoms with Crippen molar-refractivity contribution in [1.29, 1.82) is 0 Å². The van der Waals surface area contributed by atoms with Gasteiger partial charge in [0.1, 0.15) is 5.82 Å². The van der Waals surface area contributed by atoms with Crippen molar-refractivity contribution >= 4 is 11.6 Å². The van der Waals surface area contributed by atoms with E-state index in [9.17, 15) is 0 Å². The third kappa shape index (κ3) is 2.50. The van der Waals surface area contributed by atoms with E-state index in [1.165, 1.54) is 0 Å². The molecular weight excluding hydrogens is 246 g/mol. The number of nitrogens with two attached hydrogens (primary N) is 1. The van der Waals surface area contributed by atoms with Crippen LogP contribution in [0.2, 0.25) is 0 Å². The summed E-state index contributed by atoms with van der Waals surface area (Å²) in [5.74, 6) is 7.98. The number of nitrogens with one attached hydrogen (secondary N) is 2. The van der Waals surface area contributed by atoms with Crippen LogP contribution in [0.5, 0.6) is 11.5 Å². The molecule has 19 heavy (non-hydrogen) atoms. The van der Waals surface area contributed by atoms with Crippen LogP contribution in [0.15, 0.2) is 30.6 Å². The van der Waals surface area contributed by atoms with Crippen molar-refractivity contribution in [3.8, 4) is 11.5 Å². The minimum Gasteiger partial charge on any atom is -0.454 e. The number of hydrogen-bond acceptors (Lipinski definition) is 7. The highest BCUT2D eigenvalue weighted by molar-refractivity contribution is 5.46. The van der Waals surface area contributed by atoms with Crippen LogP contribution in [0, 0.1) is 0 Å². The third-order valence-corrected chi connectivity index (χ3v) is 2.69. The Labute approximate surface area is 109 Å². The fraction of sp³-hybridized carbons (Fsp3) is 0.167. The standard InChI is InChI=1S/C12H13N5O2/c13-17-12-6-14-5-11(16-12)15-4-8-1-2-9-10(3-8)19-7-18-9/h1-3,5-6H,4,7,13H2,(H2,15,16,17). The van der Waals surface area contributed by atoms with Gasteiger partial charge in [-0.25, -0.2) is 10.8 Å². The van der Waals surface area contributed by atoms with Crippen molar-refractivity contribution in [3.63, 3.8) is 0 Å². The minimum atomic E-state index is 0.280. The SMILES string of the molecule is NNc1cncc(NCc2ccc3c(c2)OCO3)n1. The van der Waals surface area contributed by atoms with E-state index in [-0.39, 0.29) is 6.79 Å². The highest BCUT2D eigenvalue weighted by atomic mass is 16.7. The molecule has 2 heterocycles. The molecule has 0 saturated carbocycles. The molecule has 1 aliphatic heterocycles. The first-order valence-corrected chi connectivity index (χ1v) is 5.76. The number of fused-ring (bicyclic) bond motifs is 1. The Balaban J connectivity index is 1.68. The van der Waals surface area contributed by atoms with E-state index >= 15 is 0 Å². The Morgan fingerprint density at radius 3 is 2.89 bits per heavy atom. The van der Waals surface area contributed by atoms with Gasteiger partial charge in [0.15, 0.2) is 17.3 Å². The second-order valence-electron chi connectivity index (χ2n) is 3.98. The smallest absolute Gasteiger partial charge is 0.231 e. The second kappa shape index (κ2) is 4.99. The van der Waals surface area contributed by atoms with Crippen LogP contribution in [0.4, 0.5) is 11.6 Å². The average molecular weight is 259 g/mol. The van der Waals surface area contributed by atoms with E-state index in [1.807, 2.05) is 18.2 Å². The Kier molecular flexibility index (Phi) is 3.03. The molecule has 4 N–H and O–H groups in total. The average Bonchev–Trinajstić information content (AvgIpc) is 2.93. The third-order valence-electron chi connectivity index (χ3n) is 2.69. The van der Waals surface area contributed by atoms with Crippen LogP contribution in [-0.4, -0.2) is 16.8 Å². The molecule has 0 amide bonds. The van der Waals surface area contributed by atoms with E-state index in [0.29, 0.717) is 18.2 Å². The summed E-state index contributed by atoms with van der Waals surface area (Å²) in [6.45, 7) is 0.890. The van der Waals surface area contributed by atoms with Crippen LogP contribution in [0.1, 0.15) is 5.56 Å². The lowest BCUT2D eigenvalue weighted by atomic mass is 10.2. The van der Waals surface area contributed by atoms with Gasteiger partial charge < -0.3 is 20.2 Å². The van der Waals surface area contributed by atoms with Crippen molar-refractivity contribution in [1.82, 2.24) is 9.97 Å². The maximum absolute atomic E-state index is 5.32. The van der Waals surface area contributed by atoms with Gasteiger partial charge in [-0.2, -0.15) is 0 Å². The molecule has 0 unspecified atom stereocenters. The molecule has 0 bridgehead atoms. The predicted molar refractivity (Wildman–Crippen MR) is 69.7 cm³/mol. The lowest BCUT2D eigenvalue weighted by Gasteiger charge is -2.07. The van der Waals surface area contributed by atoms with Gasteiger partial charge >= 0.3 is 0 Å². The highest BCUT2D eigenvalue weighted by Crippen LogP contribution is 2.32. The maximum atomic E-state index is 5.32. The minimum absolute atomic E-state index is 0.280. The Hall–Kier alpha value is -2.54. The summed E-state index contributed by atoms with van der Waals surface area (Å²) in [4.78, 5) is 8.23. The molecule has 1 aliphatic rings. The summed E-state index contributed by atoms with van der Waals surface area (Å²) in [7, 11) is 0. The number of hydrogen-bond donors (Lipinski definition) is 3. The molecule has 0 aliphatic carbocycles. The van der Waals surface area contributed by atoms with E-state index in [2.05, 4.69) is 20.7 Å². The van der Waals surface area contributed by atoms with E-state index in [4.69, 9.17) is 15.3 Å². The normalized spacial score (nSPS) is 12.3. The van der Waals surface area contributed by atoms with Gasteiger partial charge in [-0.1, -0.05) is 6.07 Å². The van der Waals surface area contributed by atoms with Crippen molar-refractivity contribution in [2.24, 2.45) is 5.84 Å². The summed E-state index contributed by atoms with van der Waals surface area (Å²) in [6.07, 6.45) is 3.18. The van der Waals surface area contributed by atoms with Gasteiger partial charge in [-0.3, -0.25) is 4.98 Å². The quantitative estimate of drug-likeness (QED) is 0.559. The molecule has 0 saturated heterocycles. The van der Waals surface area contributed by atoms with E-state index < -0.39 is 0 Å². The predicted octanol–water partition coefficient (Wildman–Crippen LogP) is 1.10. The van der Waals surface area contributed by atoms with Gasteiger partial charge in [-0.15, -0.1) is 0 Å². The summed E-state index contributed by atoms with van der Waals surface area (Å²) < 4.78 is 10.6. The molecule has 0 radical (unpaired) electrons. The summed E-state index contributed by atoms with van der Waals surface area (Å²) in [6, 6.07) is 5.80. The molecule has 3 rings (SSSR count). The molecule has 1 aromatic carbocycles. The first kappa shape index (κ1) is 11.5. The zero-order valence-electron chi connectivity index (χ0n) is 10.1. The van der Waals surface area contributed by atoms with Gasteiger partial charge in [0.25, 0.3) is 0 Å². The molecule has 2 aromatic rings. The molecule has 0 fully saturated rings. The van der Waals surface area contributed by atoms with Gasteiger partial charge in [0.05, 0.1) is 12.4 Å². The molecule has 0 atom stereocenters. The number of ether oxygens (including phenoxy) is 2. The van der Waals surface area contributed by atoms with Crippen LogP contribution < -0.4 is 26.1 Å². The zero-order valence-corrected chi connectivity index (χ0v) is 10.1. The van der Waals surface area contributed by atoms with E-state index in [1.54, 1.807) is 12.4 Å². The van der Waals surface area contributed by atoms with Crippen molar-refractivity contribution < 1.29 is 9.47 Å². The summed E-state index contributed by atoms with van der Waals surface area (Å²) in [5, 5.41) is 3.16. The first-order chi connectivity index (χ1) is 9.35. The number of benzene rings is 1. The largest absolute Gasteiger partial charge is 0.454 e. The number of nitrogen functional groups attached to an aromatic ring is 1. The molecule has 1 aromatic heterocycles. The number of hydrazine groups is 1. The van der Waals surface area contributed by atoms with Crippen LogP contribution in [-0.2, 0) is 6.54 Å². The first-order valence-electron chi connectivity index (χ1n) is 5.76. The molecule has 0 spiro atoms. The van der Waals surface area contributed by atoms with Gasteiger partial charge in [0.2, 0.25) is 6.79 Å². The number of rotatable bonds is 4. The number of nitrogens with zero attached hydrogens (tertiary/aromatic N) is 2. The van der Waals surface area contributed by atoms with Crippen LogP contribution in [0.3, 0.4) is 0 Å². The van der Waals surface area contributed by atoms with E-state index in [0.717, 1.165) is 17.1 Å². The lowest BCUT2D eigenvalue weighted by Crippen LogP contribution is -2.10. The van der Waals surface area contributed by atoms with Crippen LogP contribution >= 0.6 is 0 Å². The highest BCUT2D eigenvalue weighted by Gasteiger charge is 2.12. The fourth-order valence-corrected chi connectivity index (χ4v) is 1.76. The molecule has 7 nitrogen and oxygen atoms in total. The zero-order chi connectivity index (χ0) is 13.1. The van der Waals surface area contributed by atoms with Crippen LogP contribution in [0.25, 0.3) is 0 Å². The molecule has 7 heteroatoms. The Morgan fingerprint density at radius 1 is 1.16 bits per heavy atom. The van der Waals surface area contributed by atoms with Crippen molar-refractivity contribution in [3.05, 3.63) is 36.2 Å². The van der Waals surface area contributed by atoms with Gasteiger partial charge in [0, 0.05) is 6.54 Å². The second-order valence-corrected chi connectivity index (χ2v) is 3.98. The monoisotopic (exact) mass is 259 g/mol.